The molecule has 1 heterocycles. The highest BCUT2D eigenvalue weighted by Crippen LogP contribution is 2.35. The first-order chi connectivity index (χ1) is 13.3. The number of hydrogen-bond acceptors (Lipinski definition) is 7. The van der Waals surface area contributed by atoms with E-state index in [2.05, 4.69) is 0 Å². The molecule has 2 N–H and O–H groups in total. The summed E-state index contributed by atoms with van der Waals surface area (Å²) in [6, 6.07) is 10.9. The molecule has 0 spiro atoms. The molecule has 144 valence electrons. The molecular formula is C18H14N2O7S. The van der Waals surface area contributed by atoms with Crippen molar-refractivity contribution in [3.63, 3.8) is 0 Å². The number of urea groups is 1. The van der Waals surface area contributed by atoms with E-state index in [1.54, 1.807) is 6.07 Å². The second-order valence-electron chi connectivity index (χ2n) is 5.52. The Morgan fingerprint density at radius 3 is 2.14 bits per heavy atom. The lowest BCUT2D eigenvalue weighted by Crippen LogP contribution is -2.51. The van der Waals surface area contributed by atoms with Gasteiger partial charge in [-0.3, -0.25) is 20.2 Å². The van der Waals surface area contributed by atoms with Crippen LogP contribution >= 0.6 is 0 Å². The number of imide groups is 2. The molecule has 0 atom stereocenters. The van der Waals surface area contributed by atoms with Gasteiger partial charge in [0.2, 0.25) is 0 Å². The minimum absolute atomic E-state index is 0.0709. The summed E-state index contributed by atoms with van der Waals surface area (Å²) in [4.78, 5) is 35.0. The summed E-state index contributed by atoms with van der Waals surface area (Å²) in [6.45, 7) is 0. The molecule has 0 aromatic heterocycles. The third kappa shape index (κ3) is 3.86. The van der Waals surface area contributed by atoms with Crippen LogP contribution in [0.1, 0.15) is 5.56 Å². The number of carbonyl (C=O) groups excluding carboxylic acids is 3. The summed E-state index contributed by atoms with van der Waals surface area (Å²) < 4.78 is 35.6. The van der Waals surface area contributed by atoms with Gasteiger partial charge >= 0.3 is 16.1 Å². The van der Waals surface area contributed by atoms with Crippen molar-refractivity contribution in [2.24, 2.45) is 0 Å². The van der Waals surface area contributed by atoms with E-state index in [9.17, 15) is 22.8 Å². The van der Waals surface area contributed by atoms with E-state index in [-0.39, 0.29) is 22.0 Å². The van der Waals surface area contributed by atoms with Gasteiger partial charge in [0.15, 0.2) is 11.5 Å². The Morgan fingerprint density at radius 2 is 1.54 bits per heavy atom. The van der Waals surface area contributed by atoms with Crippen LogP contribution in [0.25, 0.3) is 6.08 Å². The fraction of sp³-hybridized carbons (Fsp3) is 0.0556. The molecule has 2 aromatic rings. The molecule has 1 fully saturated rings. The van der Waals surface area contributed by atoms with Crippen LogP contribution < -0.4 is 19.6 Å². The first-order valence-electron chi connectivity index (χ1n) is 7.87. The van der Waals surface area contributed by atoms with Gasteiger partial charge in [0.1, 0.15) is 10.5 Å². The topological polar surface area (TPSA) is 128 Å². The van der Waals surface area contributed by atoms with E-state index in [1.165, 1.54) is 49.6 Å². The number of benzene rings is 2. The predicted octanol–water partition coefficient (Wildman–Crippen LogP) is 1.21. The lowest BCUT2D eigenvalue weighted by atomic mass is 10.1. The molecule has 1 aliphatic heterocycles. The highest BCUT2D eigenvalue weighted by Gasteiger charge is 2.29. The maximum absolute atomic E-state index is 12.6. The summed E-state index contributed by atoms with van der Waals surface area (Å²) in [6.07, 6.45) is 1.11. The fourth-order valence-electron chi connectivity index (χ4n) is 2.40. The Bertz CT molecular complexity index is 1070. The first-order valence-corrected chi connectivity index (χ1v) is 9.27. The maximum Gasteiger partial charge on any atom is 0.339 e. The van der Waals surface area contributed by atoms with Gasteiger partial charge in [-0.05, 0) is 24.3 Å². The lowest BCUT2D eigenvalue weighted by molar-refractivity contribution is -0.123. The largest absolute Gasteiger partial charge is 0.493 e. The van der Waals surface area contributed by atoms with Gasteiger partial charge in [-0.2, -0.15) is 8.42 Å². The molecule has 4 amide bonds. The van der Waals surface area contributed by atoms with Gasteiger partial charge < -0.3 is 8.92 Å². The smallest absolute Gasteiger partial charge is 0.339 e. The lowest BCUT2D eigenvalue weighted by Gasteiger charge is -2.16. The number of nitrogens with one attached hydrogen (secondary N) is 2. The standard InChI is InChI=1S/C18H14N2O7S/c1-26-14-9-5-6-11(10-13-16(21)19-18(23)20-17(13)22)15(14)27-28(24,25)12-7-3-2-4-8-12/h2-10H,1H3,(H2,19,20,21,22,23). The Kier molecular flexibility index (Phi) is 5.14. The summed E-state index contributed by atoms with van der Waals surface area (Å²) in [7, 11) is -2.90. The molecule has 10 heteroatoms. The van der Waals surface area contributed by atoms with Crippen LogP contribution in [0.5, 0.6) is 11.5 Å². The highest BCUT2D eigenvalue weighted by molar-refractivity contribution is 7.87. The van der Waals surface area contributed by atoms with Gasteiger partial charge in [-0.15, -0.1) is 0 Å². The van der Waals surface area contributed by atoms with Crippen molar-refractivity contribution in [3.05, 3.63) is 59.7 Å². The quantitative estimate of drug-likeness (QED) is 0.437. The zero-order chi connectivity index (χ0) is 20.3. The van der Waals surface area contributed by atoms with Crippen LogP contribution in [0.4, 0.5) is 4.79 Å². The Hall–Kier alpha value is -3.66. The van der Waals surface area contributed by atoms with Crippen LogP contribution in [0, 0.1) is 0 Å². The number of ether oxygens (including phenoxy) is 1. The van der Waals surface area contributed by atoms with Gasteiger partial charge in [-0.25, -0.2) is 4.79 Å². The number of carbonyl (C=O) groups is 3. The minimum atomic E-state index is -4.21. The average Bonchev–Trinajstić information content (AvgIpc) is 2.66. The molecule has 1 aliphatic rings. The number of amides is 4. The van der Waals surface area contributed by atoms with E-state index < -0.39 is 33.5 Å². The number of para-hydroxylation sites is 1. The Morgan fingerprint density at radius 1 is 0.893 bits per heavy atom. The normalized spacial score (nSPS) is 14.2. The van der Waals surface area contributed by atoms with Gasteiger partial charge in [-0.1, -0.05) is 30.3 Å². The van der Waals surface area contributed by atoms with Crippen molar-refractivity contribution in [2.45, 2.75) is 4.90 Å². The summed E-state index contributed by atoms with van der Waals surface area (Å²) in [5, 5.41) is 3.87. The number of barbiturate groups is 1. The van der Waals surface area contributed by atoms with Crippen molar-refractivity contribution in [3.8, 4) is 11.5 Å². The summed E-state index contributed by atoms with van der Waals surface area (Å²) in [5.74, 6) is -1.98. The predicted molar refractivity (Wildman–Crippen MR) is 96.9 cm³/mol. The van der Waals surface area contributed by atoms with Crippen LogP contribution in [-0.2, 0) is 19.7 Å². The van der Waals surface area contributed by atoms with Crippen molar-refractivity contribution < 1.29 is 31.7 Å². The van der Waals surface area contributed by atoms with Crippen molar-refractivity contribution in [2.75, 3.05) is 7.11 Å². The van der Waals surface area contributed by atoms with Gasteiger partial charge in [0.05, 0.1) is 7.11 Å². The molecule has 0 bridgehead atoms. The van der Waals surface area contributed by atoms with Crippen molar-refractivity contribution in [1.29, 1.82) is 0 Å². The fourth-order valence-corrected chi connectivity index (χ4v) is 3.39. The SMILES string of the molecule is COc1cccc(C=C2C(=O)NC(=O)NC2=O)c1OS(=O)(=O)c1ccccc1. The Balaban J connectivity index is 2.07. The molecule has 0 aliphatic carbocycles. The van der Waals surface area contributed by atoms with Crippen LogP contribution in [0.3, 0.4) is 0 Å². The number of methoxy groups -OCH3 is 1. The average molecular weight is 402 g/mol. The maximum atomic E-state index is 12.6. The van der Waals surface area contributed by atoms with Gasteiger partial charge in [0, 0.05) is 5.56 Å². The molecule has 1 saturated heterocycles. The van der Waals surface area contributed by atoms with E-state index in [1.807, 2.05) is 10.6 Å². The third-order valence-corrected chi connectivity index (χ3v) is 4.93. The van der Waals surface area contributed by atoms with Crippen molar-refractivity contribution in [1.82, 2.24) is 10.6 Å². The van der Waals surface area contributed by atoms with Gasteiger partial charge in [0.25, 0.3) is 11.8 Å². The molecule has 0 radical (unpaired) electrons. The van der Waals surface area contributed by atoms with E-state index in [0.29, 0.717) is 0 Å². The zero-order valence-electron chi connectivity index (χ0n) is 14.5. The van der Waals surface area contributed by atoms with Crippen LogP contribution in [-0.4, -0.2) is 33.4 Å². The van der Waals surface area contributed by atoms with Crippen LogP contribution in [0.15, 0.2) is 59.0 Å². The molecule has 2 aromatic carbocycles. The number of rotatable bonds is 5. The number of hydrogen-bond donors (Lipinski definition) is 2. The monoisotopic (exact) mass is 402 g/mol. The molecule has 28 heavy (non-hydrogen) atoms. The molecule has 9 nitrogen and oxygen atoms in total. The van der Waals surface area contributed by atoms with E-state index in [4.69, 9.17) is 8.92 Å². The second-order valence-corrected chi connectivity index (χ2v) is 7.07. The molecular weight excluding hydrogens is 388 g/mol. The summed E-state index contributed by atoms with van der Waals surface area (Å²) >= 11 is 0. The third-order valence-electron chi connectivity index (χ3n) is 3.70. The minimum Gasteiger partial charge on any atom is -0.493 e. The zero-order valence-corrected chi connectivity index (χ0v) is 15.3. The molecule has 3 rings (SSSR count). The van der Waals surface area contributed by atoms with Crippen LogP contribution in [0.2, 0.25) is 0 Å². The first kappa shape index (κ1) is 19.1. The molecule has 0 unspecified atom stereocenters. The molecule has 0 saturated carbocycles. The second kappa shape index (κ2) is 7.53. The highest BCUT2D eigenvalue weighted by atomic mass is 32.2. The summed E-state index contributed by atoms with van der Waals surface area (Å²) in [5.41, 5.74) is -0.302. The van der Waals surface area contributed by atoms with E-state index in [0.717, 1.165) is 6.08 Å². The Labute approximate surface area is 160 Å². The van der Waals surface area contributed by atoms with Crippen molar-refractivity contribution >= 4 is 34.0 Å². The van der Waals surface area contributed by atoms with E-state index >= 15 is 0 Å².